The highest BCUT2D eigenvalue weighted by Crippen LogP contribution is 2.37. The first-order valence-electron chi connectivity index (χ1n) is 13.0. The van der Waals surface area contributed by atoms with Gasteiger partial charge in [0.25, 0.3) is 5.22 Å². The van der Waals surface area contributed by atoms with Crippen molar-refractivity contribution in [2.24, 2.45) is 0 Å². The summed E-state index contributed by atoms with van der Waals surface area (Å²) in [6, 6.07) is 22.7. The van der Waals surface area contributed by atoms with Crippen LogP contribution in [0.4, 0.5) is 24.5 Å². The number of nitrogens with zero attached hydrogens (tertiary/aromatic N) is 3. The SMILES string of the molecule is CCN1CCN(c2ccc(C(F)(F)F)cc2NC(=O)CSc2nc(-c3ccccc3)c(-c3ccccc3)o2)CC1. The largest absolute Gasteiger partial charge is 0.431 e. The van der Waals surface area contributed by atoms with Crippen LogP contribution in [0.15, 0.2) is 88.5 Å². The van der Waals surface area contributed by atoms with Gasteiger partial charge in [-0.1, -0.05) is 79.3 Å². The maximum atomic E-state index is 13.5. The van der Waals surface area contributed by atoms with E-state index in [2.05, 4.69) is 22.1 Å². The van der Waals surface area contributed by atoms with Crippen LogP contribution in [-0.2, 0) is 11.0 Å². The predicted octanol–water partition coefficient (Wildman–Crippen LogP) is 6.90. The van der Waals surface area contributed by atoms with Crippen molar-refractivity contribution < 1.29 is 22.4 Å². The van der Waals surface area contributed by atoms with Crippen molar-refractivity contribution in [3.05, 3.63) is 84.4 Å². The molecule has 0 atom stereocenters. The lowest BCUT2D eigenvalue weighted by atomic mass is 10.1. The molecule has 5 rings (SSSR count). The Balaban J connectivity index is 1.34. The fourth-order valence-electron chi connectivity index (χ4n) is 4.65. The molecule has 208 valence electrons. The van der Waals surface area contributed by atoms with Crippen LogP contribution in [0, 0.1) is 0 Å². The van der Waals surface area contributed by atoms with Crippen molar-refractivity contribution in [2.75, 3.05) is 48.7 Å². The van der Waals surface area contributed by atoms with Gasteiger partial charge in [-0.05, 0) is 24.7 Å². The molecule has 1 amide bonds. The van der Waals surface area contributed by atoms with Gasteiger partial charge in [-0.25, -0.2) is 4.98 Å². The average molecular weight is 567 g/mol. The molecule has 0 bridgehead atoms. The van der Waals surface area contributed by atoms with Gasteiger partial charge in [0, 0.05) is 37.3 Å². The summed E-state index contributed by atoms with van der Waals surface area (Å²) in [5.41, 5.74) is 2.30. The Kier molecular flexibility index (Phi) is 8.46. The fraction of sp³-hybridized carbons (Fsp3) is 0.267. The predicted molar refractivity (Wildman–Crippen MR) is 152 cm³/mol. The van der Waals surface area contributed by atoms with E-state index in [0.29, 0.717) is 35.5 Å². The van der Waals surface area contributed by atoms with Crippen LogP contribution >= 0.6 is 11.8 Å². The van der Waals surface area contributed by atoms with Crippen LogP contribution in [-0.4, -0.2) is 54.3 Å². The first kappa shape index (κ1) is 27.8. The van der Waals surface area contributed by atoms with E-state index in [1.807, 2.05) is 65.6 Å². The average Bonchev–Trinajstić information content (AvgIpc) is 3.41. The zero-order valence-electron chi connectivity index (χ0n) is 21.9. The van der Waals surface area contributed by atoms with E-state index in [0.717, 1.165) is 54.7 Å². The summed E-state index contributed by atoms with van der Waals surface area (Å²) in [6.45, 7) is 5.93. The molecule has 1 aliphatic heterocycles. The van der Waals surface area contributed by atoms with E-state index >= 15 is 0 Å². The number of carbonyl (C=O) groups is 1. The van der Waals surface area contributed by atoms with Gasteiger partial charge in [0.05, 0.1) is 22.7 Å². The Labute approximate surface area is 235 Å². The van der Waals surface area contributed by atoms with Crippen molar-refractivity contribution in [1.29, 1.82) is 0 Å². The van der Waals surface area contributed by atoms with Gasteiger partial charge >= 0.3 is 6.18 Å². The molecule has 3 aromatic carbocycles. The van der Waals surface area contributed by atoms with Crippen LogP contribution < -0.4 is 10.2 Å². The van der Waals surface area contributed by atoms with Crippen LogP contribution in [0.3, 0.4) is 0 Å². The van der Waals surface area contributed by atoms with E-state index in [1.54, 1.807) is 0 Å². The quantitative estimate of drug-likeness (QED) is 0.234. The number of hydrogen-bond donors (Lipinski definition) is 1. The van der Waals surface area contributed by atoms with E-state index in [4.69, 9.17) is 4.42 Å². The second-order valence-corrected chi connectivity index (χ2v) is 10.3. The fourth-order valence-corrected chi connectivity index (χ4v) is 5.27. The molecule has 1 fully saturated rings. The first-order chi connectivity index (χ1) is 19.3. The number of oxazole rings is 1. The highest BCUT2D eigenvalue weighted by Gasteiger charge is 2.32. The molecule has 0 spiro atoms. The monoisotopic (exact) mass is 566 g/mol. The van der Waals surface area contributed by atoms with E-state index in [1.165, 1.54) is 6.07 Å². The normalized spacial score (nSPS) is 14.3. The first-order valence-corrected chi connectivity index (χ1v) is 14.0. The third kappa shape index (κ3) is 6.51. The number of alkyl halides is 3. The van der Waals surface area contributed by atoms with Gasteiger partial charge in [0.1, 0.15) is 5.69 Å². The van der Waals surface area contributed by atoms with Crippen LogP contribution in [0.25, 0.3) is 22.6 Å². The molecular weight excluding hydrogens is 537 g/mol. The number of hydrogen-bond acceptors (Lipinski definition) is 6. The number of amides is 1. The lowest BCUT2D eigenvalue weighted by Crippen LogP contribution is -2.46. The van der Waals surface area contributed by atoms with Crippen molar-refractivity contribution in [3.63, 3.8) is 0 Å². The van der Waals surface area contributed by atoms with Crippen molar-refractivity contribution in [2.45, 2.75) is 18.3 Å². The molecule has 0 aliphatic carbocycles. The topological polar surface area (TPSA) is 61.6 Å². The number of thioether (sulfide) groups is 1. The number of rotatable bonds is 8. The minimum absolute atomic E-state index is 0.0811. The summed E-state index contributed by atoms with van der Waals surface area (Å²) in [5, 5.41) is 3.01. The Morgan fingerprint density at radius 1 is 0.950 bits per heavy atom. The van der Waals surface area contributed by atoms with Gasteiger partial charge in [-0.15, -0.1) is 0 Å². The third-order valence-corrected chi connectivity index (χ3v) is 7.60. The Hall–Kier alpha value is -3.76. The molecule has 1 saturated heterocycles. The summed E-state index contributed by atoms with van der Waals surface area (Å²) in [5.74, 6) is 0.0574. The zero-order valence-corrected chi connectivity index (χ0v) is 22.8. The van der Waals surface area contributed by atoms with Crippen molar-refractivity contribution in [1.82, 2.24) is 9.88 Å². The zero-order chi connectivity index (χ0) is 28.1. The summed E-state index contributed by atoms with van der Waals surface area (Å²) < 4.78 is 46.6. The van der Waals surface area contributed by atoms with E-state index < -0.39 is 17.6 Å². The van der Waals surface area contributed by atoms with Crippen LogP contribution in [0.1, 0.15) is 12.5 Å². The summed E-state index contributed by atoms with van der Waals surface area (Å²) in [4.78, 5) is 21.9. The highest BCUT2D eigenvalue weighted by atomic mass is 32.2. The molecule has 2 heterocycles. The minimum atomic E-state index is -4.52. The number of carbonyl (C=O) groups excluding carboxylic acids is 1. The molecule has 1 aliphatic rings. The molecule has 6 nitrogen and oxygen atoms in total. The van der Waals surface area contributed by atoms with E-state index in [-0.39, 0.29) is 11.4 Å². The molecule has 40 heavy (non-hydrogen) atoms. The number of aromatic nitrogens is 1. The van der Waals surface area contributed by atoms with Crippen LogP contribution in [0.2, 0.25) is 0 Å². The maximum Gasteiger partial charge on any atom is 0.416 e. The lowest BCUT2D eigenvalue weighted by molar-refractivity contribution is -0.137. The number of halogens is 3. The number of likely N-dealkylation sites (N-methyl/N-ethyl adjacent to an activating group) is 1. The second-order valence-electron chi connectivity index (χ2n) is 9.38. The molecular formula is C30H29F3N4O2S. The molecule has 1 N–H and O–H groups in total. The van der Waals surface area contributed by atoms with E-state index in [9.17, 15) is 18.0 Å². The molecule has 10 heteroatoms. The molecule has 0 unspecified atom stereocenters. The number of benzene rings is 3. The summed E-state index contributed by atoms with van der Waals surface area (Å²) in [7, 11) is 0. The molecule has 0 radical (unpaired) electrons. The molecule has 1 aromatic heterocycles. The number of nitrogens with one attached hydrogen (secondary N) is 1. The second kappa shape index (κ2) is 12.2. The number of piperazine rings is 1. The minimum Gasteiger partial charge on any atom is -0.431 e. The van der Waals surface area contributed by atoms with Gasteiger partial charge in [0.2, 0.25) is 5.91 Å². The Bertz CT molecular complexity index is 1380. The third-order valence-electron chi connectivity index (χ3n) is 6.78. The summed E-state index contributed by atoms with van der Waals surface area (Å²) >= 11 is 1.09. The van der Waals surface area contributed by atoms with Gasteiger partial charge in [0.15, 0.2) is 5.76 Å². The highest BCUT2D eigenvalue weighted by molar-refractivity contribution is 7.99. The number of anilines is 2. The molecule has 4 aromatic rings. The Morgan fingerprint density at radius 2 is 1.60 bits per heavy atom. The Morgan fingerprint density at radius 3 is 2.23 bits per heavy atom. The molecule has 0 saturated carbocycles. The lowest BCUT2D eigenvalue weighted by Gasteiger charge is -2.36. The van der Waals surface area contributed by atoms with Crippen molar-refractivity contribution in [3.8, 4) is 22.6 Å². The summed E-state index contributed by atoms with van der Waals surface area (Å²) in [6.07, 6.45) is -4.52. The van der Waals surface area contributed by atoms with Crippen LogP contribution in [0.5, 0.6) is 0 Å². The smallest absolute Gasteiger partial charge is 0.416 e. The standard InChI is InChI=1S/C30H29F3N4O2S/c1-2-36-15-17-37(18-16-36)25-14-13-23(30(31,32)33)19-24(25)34-26(38)20-40-29-35-27(21-9-5-3-6-10-21)28(39-29)22-11-7-4-8-12-22/h3-14,19H,2,15-18,20H2,1H3,(H,34,38). The van der Waals surface area contributed by atoms with Gasteiger partial charge < -0.3 is 19.5 Å². The van der Waals surface area contributed by atoms with Crippen molar-refractivity contribution >= 4 is 29.0 Å². The maximum absolute atomic E-state index is 13.5. The van der Waals surface area contributed by atoms with Gasteiger partial charge in [-0.2, -0.15) is 13.2 Å². The van der Waals surface area contributed by atoms with Gasteiger partial charge in [-0.3, -0.25) is 4.79 Å².